The molecule has 2 N–H and O–H groups in total. The minimum Gasteiger partial charge on any atom is -0.389 e. The van der Waals surface area contributed by atoms with E-state index in [0.29, 0.717) is 17.3 Å². The van der Waals surface area contributed by atoms with Crippen LogP contribution in [-0.2, 0) is 0 Å². The first kappa shape index (κ1) is 15.3. The molecular formula is C12H27NOS. The molecule has 0 fully saturated rings. The summed E-state index contributed by atoms with van der Waals surface area (Å²) in [7, 11) is 0. The molecule has 0 radical (unpaired) electrons. The van der Waals surface area contributed by atoms with Crippen LogP contribution in [0.2, 0.25) is 0 Å². The average Bonchev–Trinajstić information content (AvgIpc) is 2.10. The molecule has 0 aliphatic heterocycles. The Morgan fingerprint density at radius 3 is 2.20 bits per heavy atom. The Balaban J connectivity index is 3.71. The van der Waals surface area contributed by atoms with Gasteiger partial charge in [0.15, 0.2) is 0 Å². The summed E-state index contributed by atoms with van der Waals surface area (Å²) in [5.74, 6) is 1.09. The molecule has 0 aliphatic carbocycles. The molecule has 0 bridgehead atoms. The Bertz CT molecular complexity index is 175. The van der Waals surface area contributed by atoms with Crippen LogP contribution in [0.25, 0.3) is 0 Å². The van der Waals surface area contributed by atoms with Crippen LogP contribution in [0.1, 0.15) is 48.0 Å². The lowest BCUT2D eigenvalue weighted by Gasteiger charge is -2.26. The van der Waals surface area contributed by atoms with E-state index in [0.717, 1.165) is 12.2 Å². The van der Waals surface area contributed by atoms with Gasteiger partial charge in [0.1, 0.15) is 0 Å². The fourth-order valence-corrected chi connectivity index (χ4v) is 1.82. The fourth-order valence-electron chi connectivity index (χ4n) is 0.953. The predicted octanol–water partition coefficient (Wildman–Crippen LogP) is 2.66. The Hall–Kier alpha value is 0.270. The molecule has 3 heteroatoms. The molecule has 0 aromatic heterocycles. The second-order valence-electron chi connectivity index (χ2n) is 5.56. The van der Waals surface area contributed by atoms with E-state index in [9.17, 15) is 5.11 Å². The topological polar surface area (TPSA) is 32.3 Å². The minimum absolute atomic E-state index is 0.323. The van der Waals surface area contributed by atoms with Gasteiger partial charge in [0.2, 0.25) is 0 Å². The van der Waals surface area contributed by atoms with E-state index in [4.69, 9.17) is 0 Å². The van der Waals surface area contributed by atoms with Gasteiger partial charge in [0, 0.05) is 23.1 Å². The summed E-state index contributed by atoms with van der Waals surface area (Å²) < 4.78 is 0.323. The van der Waals surface area contributed by atoms with E-state index in [1.165, 1.54) is 0 Å². The Morgan fingerprint density at radius 2 is 1.80 bits per heavy atom. The van der Waals surface area contributed by atoms with Crippen LogP contribution in [0.3, 0.4) is 0 Å². The van der Waals surface area contributed by atoms with Crippen molar-refractivity contribution in [1.29, 1.82) is 0 Å². The quantitative estimate of drug-likeness (QED) is 0.740. The third-order valence-electron chi connectivity index (χ3n) is 2.36. The Kier molecular flexibility index (Phi) is 6.23. The van der Waals surface area contributed by atoms with Gasteiger partial charge in [-0.3, -0.25) is 0 Å². The number of aliphatic hydroxyl groups is 1. The third kappa shape index (κ3) is 9.21. The lowest BCUT2D eigenvalue weighted by molar-refractivity contribution is 0.0540. The average molecular weight is 233 g/mol. The van der Waals surface area contributed by atoms with Crippen LogP contribution in [0, 0.1) is 0 Å². The van der Waals surface area contributed by atoms with Crippen molar-refractivity contribution in [1.82, 2.24) is 5.32 Å². The first-order valence-corrected chi connectivity index (χ1v) is 6.74. The number of rotatable bonds is 6. The van der Waals surface area contributed by atoms with Gasteiger partial charge < -0.3 is 10.4 Å². The molecule has 0 saturated carbocycles. The second kappa shape index (κ2) is 6.12. The predicted molar refractivity (Wildman–Crippen MR) is 70.6 cm³/mol. The number of hydrogen-bond donors (Lipinski definition) is 2. The number of thioether (sulfide) groups is 1. The monoisotopic (exact) mass is 233 g/mol. The highest BCUT2D eigenvalue weighted by molar-refractivity contribution is 8.00. The smallest absolute Gasteiger partial charge is 0.0741 e. The van der Waals surface area contributed by atoms with E-state index in [2.05, 4.69) is 33.0 Å². The van der Waals surface area contributed by atoms with Crippen LogP contribution < -0.4 is 5.32 Å². The SMILES string of the molecule is CCC(C)(O)CNC(C)CSC(C)(C)C. The van der Waals surface area contributed by atoms with Gasteiger partial charge in [-0.15, -0.1) is 0 Å². The summed E-state index contributed by atoms with van der Waals surface area (Å²) in [6.45, 7) is 13.4. The van der Waals surface area contributed by atoms with Gasteiger partial charge in [-0.1, -0.05) is 27.7 Å². The molecule has 0 rings (SSSR count). The molecule has 92 valence electrons. The maximum absolute atomic E-state index is 9.83. The molecule has 0 spiro atoms. The van der Waals surface area contributed by atoms with Gasteiger partial charge in [-0.2, -0.15) is 11.8 Å². The van der Waals surface area contributed by atoms with Crippen LogP contribution in [0.5, 0.6) is 0 Å². The molecule has 0 heterocycles. The molecule has 0 amide bonds. The van der Waals surface area contributed by atoms with Gasteiger partial charge in [0.05, 0.1) is 5.60 Å². The van der Waals surface area contributed by atoms with Crippen molar-refractivity contribution in [3.63, 3.8) is 0 Å². The van der Waals surface area contributed by atoms with Crippen molar-refractivity contribution in [2.75, 3.05) is 12.3 Å². The summed E-state index contributed by atoms with van der Waals surface area (Å²) in [5, 5.41) is 13.2. The molecule has 2 nitrogen and oxygen atoms in total. The molecule has 0 aliphatic rings. The van der Waals surface area contributed by atoms with Crippen molar-refractivity contribution in [2.45, 2.75) is 64.4 Å². The fraction of sp³-hybridized carbons (Fsp3) is 1.00. The summed E-state index contributed by atoms with van der Waals surface area (Å²) in [5.41, 5.74) is -0.569. The molecule has 15 heavy (non-hydrogen) atoms. The third-order valence-corrected chi connectivity index (χ3v) is 3.89. The van der Waals surface area contributed by atoms with Crippen molar-refractivity contribution in [3.8, 4) is 0 Å². The largest absolute Gasteiger partial charge is 0.389 e. The molecule has 0 saturated heterocycles. The molecule has 2 atom stereocenters. The summed E-state index contributed by atoms with van der Waals surface area (Å²) >= 11 is 1.96. The zero-order valence-electron chi connectivity index (χ0n) is 11.1. The highest BCUT2D eigenvalue weighted by Gasteiger charge is 2.19. The van der Waals surface area contributed by atoms with Crippen LogP contribution >= 0.6 is 11.8 Å². The zero-order valence-corrected chi connectivity index (χ0v) is 11.9. The standard InChI is InChI=1S/C12H27NOS/c1-7-12(6,14)9-13-10(2)8-15-11(3,4)5/h10,13-14H,7-9H2,1-6H3. The van der Waals surface area contributed by atoms with E-state index in [1.807, 2.05) is 25.6 Å². The van der Waals surface area contributed by atoms with Crippen molar-refractivity contribution in [2.24, 2.45) is 0 Å². The highest BCUT2D eigenvalue weighted by Crippen LogP contribution is 2.23. The molecule has 2 unspecified atom stereocenters. The number of nitrogens with one attached hydrogen (secondary N) is 1. The van der Waals surface area contributed by atoms with Gasteiger partial charge in [-0.05, 0) is 20.3 Å². The first-order chi connectivity index (χ1) is 6.66. The Labute approximate surface area is 99.2 Å². The molecular weight excluding hydrogens is 206 g/mol. The van der Waals surface area contributed by atoms with E-state index in [1.54, 1.807) is 0 Å². The van der Waals surface area contributed by atoms with E-state index >= 15 is 0 Å². The van der Waals surface area contributed by atoms with Gasteiger partial charge >= 0.3 is 0 Å². The Morgan fingerprint density at radius 1 is 1.27 bits per heavy atom. The lowest BCUT2D eigenvalue weighted by Crippen LogP contribution is -2.42. The normalized spacial score (nSPS) is 18.6. The first-order valence-electron chi connectivity index (χ1n) is 5.76. The summed E-state index contributed by atoms with van der Waals surface area (Å²) in [6.07, 6.45) is 0.791. The van der Waals surface area contributed by atoms with Gasteiger partial charge in [0.25, 0.3) is 0 Å². The summed E-state index contributed by atoms with van der Waals surface area (Å²) in [6, 6.07) is 0.451. The van der Waals surface area contributed by atoms with Crippen LogP contribution in [-0.4, -0.2) is 33.8 Å². The number of hydrogen-bond acceptors (Lipinski definition) is 3. The van der Waals surface area contributed by atoms with Gasteiger partial charge in [-0.25, -0.2) is 0 Å². The van der Waals surface area contributed by atoms with Crippen molar-refractivity contribution >= 4 is 11.8 Å². The second-order valence-corrected chi connectivity index (χ2v) is 7.40. The lowest BCUT2D eigenvalue weighted by atomic mass is 10.0. The molecule has 0 aromatic carbocycles. The van der Waals surface area contributed by atoms with E-state index in [-0.39, 0.29) is 0 Å². The minimum atomic E-state index is -0.569. The van der Waals surface area contributed by atoms with Crippen molar-refractivity contribution in [3.05, 3.63) is 0 Å². The van der Waals surface area contributed by atoms with Crippen molar-refractivity contribution < 1.29 is 5.11 Å². The zero-order chi connectivity index (χ0) is 12.1. The summed E-state index contributed by atoms with van der Waals surface area (Å²) in [4.78, 5) is 0. The van der Waals surface area contributed by atoms with Crippen LogP contribution in [0.4, 0.5) is 0 Å². The van der Waals surface area contributed by atoms with E-state index < -0.39 is 5.60 Å². The maximum Gasteiger partial charge on any atom is 0.0741 e. The van der Waals surface area contributed by atoms with Crippen LogP contribution in [0.15, 0.2) is 0 Å². The highest BCUT2D eigenvalue weighted by atomic mass is 32.2. The molecule has 0 aromatic rings. The maximum atomic E-state index is 9.83.